The molecule has 0 unspecified atom stereocenters. The summed E-state index contributed by atoms with van der Waals surface area (Å²) < 4.78 is 2.66. The minimum atomic E-state index is 0.540. The Morgan fingerprint density at radius 2 is 2.24 bits per heavy atom. The van der Waals surface area contributed by atoms with Gasteiger partial charge in [-0.2, -0.15) is 5.26 Å². The van der Waals surface area contributed by atoms with Crippen molar-refractivity contribution in [2.75, 3.05) is 18.4 Å². The molecule has 0 saturated heterocycles. The van der Waals surface area contributed by atoms with Crippen molar-refractivity contribution in [1.29, 1.82) is 5.26 Å². The maximum atomic E-state index is 8.69. The van der Waals surface area contributed by atoms with Crippen LogP contribution in [0.3, 0.4) is 0 Å². The van der Waals surface area contributed by atoms with Crippen LogP contribution in [0.25, 0.3) is 0 Å². The Kier molecular flexibility index (Phi) is 6.61. The van der Waals surface area contributed by atoms with Gasteiger partial charge in [-0.3, -0.25) is 4.90 Å². The summed E-state index contributed by atoms with van der Waals surface area (Å²) in [5, 5.41) is 17.7. The molecular weight excluding hydrogens is 302 g/mol. The fourth-order valence-corrected chi connectivity index (χ4v) is 3.67. The van der Waals surface area contributed by atoms with Gasteiger partial charge in [-0.15, -0.1) is 5.10 Å². The van der Waals surface area contributed by atoms with Crippen molar-refractivity contribution in [3.8, 4) is 6.07 Å². The molecule has 5 nitrogen and oxygen atoms in total. The van der Waals surface area contributed by atoms with Gasteiger partial charge in [0.2, 0.25) is 5.13 Å². The molecule has 0 bridgehead atoms. The van der Waals surface area contributed by atoms with E-state index in [-0.39, 0.29) is 0 Å². The fraction of sp³-hybridized carbons (Fsp3) is 0.786. The van der Waals surface area contributed by atoms with Crippen LogP contribution in [-0.4, -0.2) is 33.8 Å². The van der Waals surface area contributed by atoms with Gasteiger partial charge in [0.1, 0.15) is 0 Å². The van der Waals surface area contributed by atoms with Crippen LogP contribution in [-0.2, 0) is 6.67 Å². The summed E-state index contributed by atoms with van der Waals surface area (Å²) in [7, 11) is 0. The van der Waals surface area contributed by atoms with Crippen molar-refractivity contribution < 1.29 is 0 Å². The van der Waals surface area contributed by atoms with E-state index < -0.39 is 0 Å². The number of nitrogens with zero attached hydrogens (tertiary/aromatic N) is 4. The summed E-state index contributed by atoms with van der Waals surface area (Å²) >= 11 is 6.95. The molecule has 0 spiro atoms. The maximum Gasteiger partial charge on any atom is 0.204 e. The Morgan fingerprint density at radius 3 is 2.90 bits per heavy atom. The summed E-state index contributed by atoms with van der Waals surface area (Å²) in [4.78, 5) is 2.18. The summed E-state index contributed by atoms with van der Waals surface area (Å²) in [5.74, 6) is 0. The second kappa shape index (κ2) is 8.47. The van der Waals surface area contributed by atoms with Crippen molar-refractivity contribution in [3.63, 3.8) is 0 Å². The van der Waals surface area contributed by atoms with Gasteiger partial charge in [0.05, 0.1) is 12.7 Å². The molecule has 1 fully saturated rings. The lowest BCUT2D eigenvalue weighted by atomic mass is 9.96. The molecular formula is C14H23N5S2. The Labute approximate surface area is 135 Å². The molecule has 0 atom stereocenters. The molecule has 0 aromatic carbocycles. The Hall–Kier alpha value is -0.970. The number of anilines is 1. The Bertz CT molecular complexity index is 524. The molecule has 1 aromatic heterocycles. The summed E-state index contributed by atoms with van der Waals surface area (Å²) in [6.07, 6.45) is 6.97. The Morgan fingerprint density at radius 1 is 1.48 bits per heavy atom. The minimum absolute atomic E-state index is 0.540. The molecule has 0 radical (unpaired) electrons. The van der Waals surface area contributed by atoms with E-state index in [2.05, 4.69) is 28.3 Å². The molecule has 21 heavy (non-hydrogen) atoms. The van der Waals surface area contributed by atoms with Gasteiger partial charge in [0, 0.05) is 19.0 Å². The van der Waals surface area contributed by atoms with Gasteiger partial charge in [0.25, 0.3) is 0 Å². The van der Waals surface area contributed by atoms with Gasteiger partial charge in [-0.1, -0.05) is 37.5 Å². The largest absolute Gasteiger partial charge is 0.357 e. The molecule has 0 amide bonds. The maximum absolute atomic E-state index is 8.69. The van der Waals surface area contributed by atoms with Crippen LogP contribution in [0.4, 0.5) is 5.13 Å². The quantitative estimate of drug-likeness (QED) is 0.776. The first-order valence-corrected chi connectivity index (χ1v) is 8.89. The summed E-state index contributed by atoms with van der Waals surface area (Å²) in [6.45, 7) is 4.42. The molecule has 1 saturated carbocycles. The van der Waals surface area contributed by atoms with Crippen LogP contribution < -0.4 is 5.32 Å². The normalized spacial score (nSPS) is 16.0. The standard InChI is InChI=1S/C14H23N5S2/c1-2-18(10-6-9-15)11-19-14(20)21-13(17-19)16-12-7-4-3-5-8-12/h12H,2-8,10-11H2,1H3,(H,16,17). The second-order valence-electron chi connectivity index (χ2n) is 5.41. The van der Waals surface area contributed by atoms with Gasteiger partial charge in [0.15, 0.2) is 3.95 Å². The van der Waals surface area contributed by atoms with E-state index in [0.717, 1.165) is 22.2 Å². The number of rotatable bonds is 7. The topological polar surface area (TPSA) is 56.9 Å². The van der Waals surface area contributed by atoms with Crippen LogP contribution in [0, 0.1) is 15.3 Å². The predicted octanol–water partition coefficient (Wildman–Crippen LogP) is 3.61. The first kappa shape index (κ1) is 16.4. The third-order valence-corrected chi connectivity index (χ3v) is 5.10. The highest BCUT2D eigenvalue weighted by atomic mass is 32.1. The van der Waals surface area contributed by atoms with Crippen LogP contribution in [0.2, 0.25) is 0 Å². The summed E-state index contributed by atoms with van der Waals surface area (Å²) in [5.41, 5.74) is 0. The van der Waals surface area contributed by atoms with Crippen LogP contribution in [0.15, 0.2) is 0 Å². The monoisotopic (exact) mass is 325 g/mol. The number of nitrogens with one attached hydrogen (secondary N) is 1. The van der Waals surface area contributed by atoms with Crippen LogP contribution >= 0.6 is 23.6 Å². The van der Waals surface area contributed by atoms with E-state index in [1.165, 1.54) is 32.1 Å². The van der Waals surface area contributed by atoms with Gasteiger partial charge in [-0.25, -0.2) is 4.68 Å². The molecule has 116 valence electrons. The van der Waals surface area contributed by atoms with Crippen LogP contribution in [0.5, 0.6) is 0 Å². The van der Waals surface area contributed by atoms with E-state index in [1.807, 2.05) is 4.68 Å². The lowest BCUT2D eigenvalue weighted by Crippen LogP contribution is -2.28. The second-order valence-corrected chi connectivity index (χ2v) is 7.03. The highest BCUT2D eigenvalue weighted by Crippen LogP contribution is 2.23. The van der Waals surface area contributed by atoms with Crippen molar-refractivity contribution in [1.82, 2.24) is 14.7 Å². The molecule has 0 aliphatic heterocycles. The van der Waals surface area contributed by atoms with Crippen molar-refractivity contribution >= 4 is 28.7 Å². The molecule has 1 aliphatic carbocycles. The lowest BCUT2D eigenvalue weighted by molar-refractivity contribution is 0.222. The van der Waals surface area contributed by atoms with Crippen molar-refractivity contribution in [2.45, 2.75) is 58.2 Å². The zero-order chi connectivity index (χ0) is 15.1. The van der Waals surface area contributed by atoms with E-state index in [4.69, 9.17) is 17.5 Å². The Balaban J connectivity index is 1.94. The third kappa shape index (κ3) is 5.06. The van der Waals surface area contributed by atoms with Gasteiger partial charge in [-0.05, 0) is 31.6 Å². The first-order valence-electron chi connectivity index (χ1n) is 7.66. The zero-order valence-corrected chi connectivity index (χ0v) is 14.2. The molecule has 2 rings (SSSR count). The number of hydrogen-bond acceptors (Lipinski definition) is 6. The SMILES string of the molecule is CCN(CCC#N)Cn1nc(NC2CCCCC2)sc1=S. The molecule has 1 aromatic rings. The zero-order valence-electron chi connectivity index (χ0n) is 12.5. The number of aromatic nitrogens is 2. The van der Waals surface area contributed by atoms with Gasteiger partial charge < -0.3 is 5.32 Å². The fourth-order valence-electron chi connectivity index (χ4n) is 2.60. The minimum Gasteiger partial charge on any atom is -0.357 e. The van der Waals surface area contributed by atoms with E-state index >= 15 is 0 Å². The van der Waals surface area contributed by atoms with Crippen molar-refractivity contribution in [2.24, 2.45) is 0 Å². The average molecular weight is 326 g/mol. The van der Waals surface area contributed by atoms with Gasteiger partial charge >= 0.3 is 0 Å². The van der Waals surface area contributed by atoms with Crippen LogP contribution in [0.1, 0.15) is 45.4 Å². The molecule has 1 N–H and O–H groups in total. The average Bonchev–Trinajstić information content (AvgIpc) is 2.84. The van der Waals surface area contributed by atoms with E-state index in [0.29, 0.717) is 19.1 Å². The third-order valence-electron chi connectivity index (χ3n) is 3.86. The first-order chi connectivity index (χ1) is 10.2. The highest BCUT2D eigenvalue weighted by Gasteiger charge is 2.15. The van der Waals surface area contributed by atoms with E-state index in [9.17, 15) is 0 Å². The number of nitriles is 1. The highest BCUT2D eigenvalue weighted by molar-refractivity contribution is 7.73. The molecule has 1 aliphatic rings. The molecule has 1 heterocycles. The van der Waals surface area contributed by atoms with E-state index in [1.54, 1.807) is 11.3 Å². The smallest absolute Gasteiger partial charge is 0.204 e. The lowest BCUT2D eigenvalue weighted by Gasteiger charge is -2.22. The predicted molar refractivity (Wildman–Crippen MR) is 88.9 cm³/mol. The molecule has 7 heteroatoms. The van der Waals surface area contributed by atoms with Crippen molar-refractivity contribution in [3.05, 3.63) is 3.95 Å². The summed E-state index contributed by atoms with van der Waals surface area (Å²) in [6, 6.07) is 2.73. The number of hydrogen-bond donors (Lipinski definition) is 1.